The first-order valence-electron chi connectivity index (χ1n) is 5.83. The van der Waals surface area contributed by atoms with Gasteiger partial charge in [-0.15, -0.1) is 0 Å². The van der Waals surface area contributed by atoms with Crippen molar-refractivity contribution in [2.45, 2.75) is 6.54 Å². The van der Waals surface area contributed by atoms with Crippen LogP contribution in [0.2, 0.25) is 0 Å². The first-order chi connectivity index (χ1) is 9.69. The van der Waals surface area contributed by atoms with E-state index in [1.54, 1.807) is 17.9 Å². The van der Waals surface area contributed by atoms with Crippen LogP contribution in [-0.2, 0) is 13.6 Å². The zero-order chi connectivity index (χ0) is 14.1. The molecule has 9 heteroatoms. The summed E-state index contributed by atoms with van der Waals surface area (Å²) in [5.74, 6) is 5.67. The standard InChI is InChI=1S/C11H12N8O/c1-18-10-8(3-16-18)11(20)19(6-15-10)5-7-2-14-9(17-12)4-13-7/h2-4,6H,5,12H2,1H3,(H,14,17). The number of nitrogens with two attached hydrogens (primary N) is 1. The lowest BCUT2D eigenvalue weighted by Crippen LogP contribution is -2.21. The van der Waals surface area contributed by atoms with Gasteiger partial charge in [-0.2, -0.15) is 5.10 Å². The minimum absolute atomic E-state index is 0.161. The van der Waals surface area contributed by atoms with Crippen molar-refractivity contribution in [3.63, 3.8) is 0 Å². The van der Waals surface area contributed by atoms with Gasteiger partial charge in [0, 0.05) is 7.05 Å². The van der Waals surface area contributed by atoms with E-state index in [-0.39, 0.29) is 12.1 Å². The highest BCUT2D eigenvalue weighted by Crippen LogP contribution is 2.05. The highest BCUT2D eigenvalue weighted by atomic mass is 16.1. The molecule has 0 fully saturated rings. The van der Waals surface area contributed by atoms with Gasteiger partial charge in [0.2, 0.25) is 0 Å². The third kappa shape index (κ3) is 1.99. The third-order valence-electron chi connectivity index (χ3n) is 2.90. The number of aryl methyl sites for hydroxylation is 1. The van der Waals surface area contributed by atoms with Crippen LogP contribution in [0.25, 0.3) is 11.0 Å². The zero-order valence-corrected chi connectivity index (χ0v) is 10.7. The number of hydrogen-bond acceptors (Lipinski definition) is 7. The molecule has 3 N–H and O–H groups in total. The predicted molar refractivity (Wildman–Crippen MR) is 71.7 cm³/mol. The second-order valence-corrected chi connectivity index (χ2v) is 4.22. The molecule has 20 heavy (non-hydrogen) atoms. The van der Waals surface area contributed by atoms with Gasteiger partial charge in [0.25, 0.3) is 5.56 Å². The van der Waals surface area contributed by atoms with E-state index in [1.807, 2.05) is 0 Å². The highest BCUT2D eigenvalue weighted by molar-refractivity contribution is 5.72. The van der Waals surface area contributed by atoms with E-state index >= 15 is 0 Å². The normalized spacial score (nSPS) is 10.9. The number of anilines is 1. The van der Waals surface area contributed by atoms with Crippen LogP contribution in [0.3, 0.4) is 0 Å². The molecule has 3 heterocycles. The number of nitrogens with zero attached hydrogens (tertiary/aromatic N) is 6. The van der Waals surface area contributed by atoms with Crippen molar-refractivity contribution in [2.75, 3.05) is 5.43 Å². The van der Waals surface area contributed by atoms with Gasteiger partial charge in [-0.3, -0.25) is 19.0 Å². The first-order valence-corrected chi connectivity index (χ1v) is 5.83. The molecule has 0 amide bonds. The van der Waals surface area contributed by atoms with Crippen LogP contribution in [0, 0.1) is 0 Å². The van der Waals surface area contributed by atoms with Crippen LogP contribution in [0.1, 0.15) is 5.69 Å². The summed E-state index contributed by atoms with van der Waals surface area (Å²) in [7, 11) is 1.74. The van der Waals surface area contributed by atoms with Gasteiger partial charge in [-0.05, 0) is 0 Å². The van der Waals surface area contributed by atoms with Crippen LogP contribution in [0.15, 0.2) is 29.7 Å². The fraction of sp³-hybridized carbons (Fsp3) is 0.182. The average Bonchev–Trinajstić information content (AvgIpc) is 2.85. The highest BCUT2D eigenvalue weighted by Gasteiger charge is 2.08. The molecule has 0 saturated heterocycles. The topological polar surface area (TPSA) is 117 Å². The van der Waals surface area contributed by atoms with E-state index in [4.69, 9.17) is 5.84 Å². The number of nitrogen functional groups attached to an aromatic ring is 1. The van der Waals surface area contributed by atoms with E-state index in [0.29, 0.717) is 22.5 Å². The van der Waals surface area contributed by atoms with Gasteiger partial charge < -0.3 is 5.43 Å². The maximum atomic E-state index is 12.3. The van der Waals surface area contributed by atoms with E-state index in [9.17, 15) is 4.79 Å². The Hall–Kier alpha value is -2.81. The molecule has 3 aromatic heterocycles. The molecule has 9 nitrogen and oxygen atoms in total. The van der Waals surface area contributed by atoms with Crippen molar-refractivity contribution in [1.82, 2.24) is 29.3 Å². The Morgan fingerprint density at radius 2 is 2.10 bits per heavy atom. The van der Waals surface area contributed by atoms with E-state index in [1.165, 1.54) is 23.3 Å². The van der Waals surface area contributed by atoms with Crippen LogP contribution >= 0.6 is 0 Å². The molecule has 0 radical (unpaired) electrons. The van der Waals surface area contributed by atoms with Crippen molar-refractivity contribution in [1.29, 1.82) is 0 Å². The van der Waals surface area contributed by atoms with Crippen LogP contribution in [0.5, 0.6) is 0 Å². The van der Waals surface area contributed by atoms with Gasteiger partial charge in [-0.25, -0.2) is 15.8 Å². The van der Waals surface area contributed by atoms with Gasteiger partial charge in [-0.1, -0.05) is 0 Å². The molecule has 102 valence electrons. The van der Waals surface area contributed by atoms with Crippen molar-refractivity contribution in [3.8, 4) is 0 Å². The molecule has 0 aliphatic rings. The fourth-order valence-corrected chi connectivity index (χ4v) is 1.86. The molecule has 3 aromatic rings. The summed E-state index contributed by atoms with van der Waals surface area (Å²) in [6.07, 6.45) is 6.03. The number of fused-ring (bicyclic) bond motifs is 1. The molecule has 3 rings (SSSR count). The van der Waals surface area contributed by atoms with Crippen LogP contribution in [-0.4, -0.2) is 29.3 Å². The first kappa shape index (κ1) is 12.2. The van der Waals surface area contributed by atoms with Crippen molar-refractivity contribution >= 4 is 16.9 Å². The molecule has 0 spiro atoms. The number of hydrogen-bond donors (Lipinski definition) is 2. The summed E-state index contributed by atoms with van der Waals surface area (Å²) < 4.78 is 3.02. The molecule has 0 atom stereocenters. The SMILES string of the molecule is Cn1ncc2c(=O)n(Cc3cnc(NN)cn3)cnc21. The summed E-state index contributed by atoms with van der Waals surface area (Å²) in [6, 6.07) is 0. The Kier molecular flexibility index (Phi) is 2.88. The van der Waals surface area contributed by atoms with E-state index < -0.39 is 0 Å². The summed E-state index contributed by atoms with van der Waals surface area (Å²) in [5.41, 5.74) is 3.42. The molecule has 0 unspecified atom stereocenters. The smallest absolute Gasteiger partial charge is 0.264 e. The lowest BCUT2D eigenvalue weighted by Gasteiger charge is -2.05. The van der Waals surface area contributed by atoms with Crippen LogP contribution in [0.4, 0.5) is 5.82 Å². The minimum atomic E-state index is -0.161. The fourth-order valence-electron chi connectivity index (χ4n) is 1.86. The Morgan fingerprint density at radius 3 is 2.80 bits per heavy atom. The Balaban J connectivity index is 1.97. The molecule has 0 saturated carbocycles. The molecule has 0 bridgehead atoms. The summed E-state index contributed by atoms with van der Waals surface area (Å²) in [4.78, 5) is 24.7. The lowest BCUT2D eigenvalue weighted by atomic mass is 10.4. The minimum Gasteiger partial charge on any atom is -0.307 e. The summed E-state index contributed by atoms with van der Waals surface area (Å²) >= 11 is 0. The quantitative estimate of drug-likeness (QED) is 0.476. The van der Waals surface area contributed by atoms with Gasteiger partial charge >= 0.3 is 0 Å². The molecule has 0 aliphatic heterocycles. The predicted octanol–water partition coefficient (Wildman–Crippen LogP) is -0.746. The summed E-state index contributed by atoms with van der Waals surface area (Å²) in [5, 5.41) is 4.49. The molecule has 0 aliphatic carbocycles. The van der Waals surface area contributed by atoms with Crippen molar-refractivity contribution < 1.29 is 0 Å². The number of aromatic nitrogens is 6. The zero-order valence-electron chi connectivity index (χ0n) is 10.7. The van der Waals surface area contributed by atoms with Crippen molar-refractivity contribution in [2.24, 2.45) is 12.9 Å². The third-order valence-corrected chi connectivity index (χ3v) is 2.90. The lowest BCUT2D eigenvalue weighted by molar-refractivity contribution is 0.719. The Labute approximate surface area is 113 Å². The molecular formula is C11H12N8O. The second kappa shape index (κ2) is 4.70. The number of nitrogens with one attached hydrogen (secondary N) is 1. The maximum absolute atomic E-state index is 12.3. The van der Waals surface area contributed by atoms with Crippen LogP contribution < -0.4 is 16.8 Å². The number of rotatable bonds is 3. The van der Waals surface area contributed by atoms with Crippen molar-refractivity contribution in [3.05, 3.63) is 41.0 Å². The maximum Gasteiger partial charge on any atom is 0.264 e. The Bertz CT molecular complexity index is 803. The van der Waals surface area contributed by atoms with E-state index in [0.717, 1.165) is 0 Å². The largest absolute Gasteiger partial charge is 0.307 e. The van der Waals surface area contributed by atoms with Gasteiger partial charge in [0.1, 0.15) is 11.7 Å². The number of hydrazine groups is 1. The average molecular weight is 272 g/mol. The van der Waals surface area contributed by atoms with E-state index in [2.05, 4.69) is 25.5 Å². The van der Waals surface area contributed by atoms with Gasteiger partial charge in [0.05, 0.1) is 30.8 Å². The Morgan fingerprint density at radius 1 is 1.25 bits per heavy atom. The monoisotopic (exact) mass is 272 g/mol. The van der Waals surface area contributed by atoms with Gasteiger partial charge in [0.15, 0.2) is 11.5 Å². The molecule has 0 aromatic carbocycles. The molecular weight excluding hydrogens is 260 g/mol. The second-order valence-electron chi connectivity index (χ2n) is 4.22. The summed E-state index contributed by atoms with van der Waals surface area (Å²) in [6.45, 7) is 0.286.